The number of amides is 1. The van der Waals surface area contributed by atoms with Gasteiger partial charge in [-0.2, -0.15) is 0 Å². The van der Waals surface area contributed by atoms with E-state index < -0.39 is 0 Å². The van der Waals surface area contributed by atoms with Crippen molar-refractivity contribution in [2.45, 2.75) is 39.3 Å². The van der Waals surface area contributed by atoms with Crippen molar-refractivity contribution in [3.05, 3.63) is 42.0 Å². The number of likely N-dealkylation sites (tertiary alicyclic amines) is 1. The SMILES string of the molecule is COc1ccc(CNC2CCN(C(=O)C(C)C)CC2)c2ccccc12.Cl. The van der Waals surface area contributed by atoms with E-state index in [2.05, 4.69) is 29.6 Å². The van der Waals surface area contributed by atoms with Crippen molar-refractivity contribution in [1.29, 1.82) is 0 Å². The highest BCUT2D eigenvalue weighted by Gasteiger charge is 2.24. The number of ether oxygens (including phenoxy) is 1. The minimum atomic E-state index is 0. The molecule has 0 atom stereocenters. The van der Waals surface area contributed by atoms with Crippen LogP contribution in [0.5, 0.6) is 5.75 Å². The van der Waals surface area contributed by atoms with Crippen LogP contribution in [0.2, 0.25) is 0 Å². The van der Waals surface area contributed by atoms with Gasteiger partial charge in [0.05, 0.1) is 7.11 Å². The average molecular weight is 377 g/mol. The van der Waals surface area contributed by atoms with Crippen molar-refractivity contribution in [2.24, 2.45) is 5.92 Å². The van der Waals surface area contributed by atoms with Crippen LogP contribution in [-0.4, -0.2) is 37.0 Å². The lowest BCUT2D eigenvalue weighted by atomic mass is 10.0. The monoisotopic (exact) mass is 376 g/mol. The number of benzene rings is 2. The highest BCUT2D eigenvalue weighted by molar-refractivity contribution is 5.91. The van der Waals surface area contributed by atoms with Crippen molar-refractivity contribution in [3.63, 3.8) is 0 Å². The number of methoxy groups -OCH3 is 1. The van der Waals surface area contributed by atoms with E-state index in [4.69, 9.17) is 4.74 Å². The quantitative estimate of drug-likeness (QED) is 0.857. The Hall–Kier alpha value is -1.78. The Morgan fingerprint density at radius 3 is 2.42 bits per heavy atom. The summed E-state index contributed by atoms with van der Waals surface area (Å²) >= 11 is 0. The number of halogens is 1. The minimum absolute atomic E-state index is 0. The van der Waals surface area contributed by atoms with Gasteiger partial charge in [0.1, 0.15) is 5.75 Å². The Morgan fingerprint density at radius 2 is 1.81 bits per heavy atom. The standard InChI is InChI=1S/C21H28N2O2.ClH/c1-15(2)21(24)23-12-10-17(11-13-23)22-14-16-8-9-20(25-3)19-7-5-4-6-18(16)19;/h4-9,15,17,22H,10-14H2,1-3H3;1H. The van der Waals surface area contributed by atoms with Crippen molar-refractivity contribution >= 4 is 29.1 Å². The molecule has 1 fully saturated rings. The molecule has 4 nitrogen and oxygen atoms in total. The second-order valence-corrected chi connectivity index (χ2v) is 7.11. The highest BCUT2D eigenvalue weighted by atomic mass is 35.5. The fourth-order valence-corrected chi connectivity index (χ4v) is 3.59. The van der Waals surface area contributed by atoms with Crippen LogP contribution in [0.1, 0.15) is 32.3 Å². The fourth-order valence-electron chi connectivity index (χ4n) is 3.59. The molecule has 1 aliphatic heterocycles. The molecule has 0 saturated carbocycles. The van der Waals surface area contributed by atoms with Gasteiger partial charge in [-0.3, -0.25) is 4.79 Å². The van der Waals surface area contributed by atoms with Crippen LogP contribution in [-0.2, 0) is 11.3 Å². The number of nitrogens with one attached hydrogen (secondary N) is 1. The summed E-state index contributed by atoms with van der Waals surface area (Å²) in [6, 6.07) is 13.0. The van der Waals surface area contributed by atoms with Crippen LogP contribution >= 0.6 is 12.4 Å². The van der Waals surface area contributed by atoms with Gasteiger partial charge < -0.3 is 15.0 Å². The molecular weight excluding hydrogens is 348 g/mol. The van der Waals surface area contributed by atoms with E-state index in [9.17, 15) is 4.79 Å². The molecule has 0 spiro atoms. The number of fused-ring (bicyclic) bond motifs is 1. The fraction of sp³-hybridized carbons (Fsp3) is 0.476. The third kappa shape index (κ3) is 4.49. The molecule has 1 aliphatic rings. The summed E-state index contributed by atoms with van der Waals surface area (Å²) in [5.41, 5.74) is 1.29. The van der Waals surface area contributed by atoms with Crippen molar-refractivity contribution in [1.82, 2.24) is 10.2 Å². The topological polar surface area (TPSA) is 41.6 Å². The minimum Gasteiger partial charge on any atom is -0.496 e. The molecule has 0 bridgehead atoms. The van der Waals surface area contributed by atoms with Crippen LogP contribution in [0.15, 0.2) is 36.4 Å². The number of nitrogens with zero attached hydrogens (tertiary/aromatic N) is 1. The number of carbonyl (C=O) groups is 1. The highest BCUT2D eigenvalue weighted by Crippen LogP contribution is 2.28. The lowest BCUT2D eigenvalue weighted by molar-refractivity contribution is -0.135. The number of carbonyl (C=O) groups excluding carboxylic acids is 1. The van der Waals surface area contributed by atoms with E-state index in [1.54, 1.807) is 7.11 Å². The number of hydrogen-bond acceptors (Lipinski definition) is 3. The molecule has 3 rings (SSSR count). The molecule has 0 aliphatic carbocycles. The van der Waals surface area contributed by atoms with Crippen molar-refractivity contribution in [3.8, 4) is 5.75 Å². The maximum atomic E-state index is 12.1. The van der Waals surface area contributed by atoms with Crippen LogP contribution in [0, 0.1) is 5.92 Å². The normalized spacial score (nSPS) is 15.2. The van der Waals surface area contributed by atoms with Gasteiger partial charge in [0.15, 0.2) is 0 Å². The Bertz CT molecular complexity index is 740. The van der Waals surface area contributed by atoms with Crippen LogP contribution in [0.4, 0.5) is 0 Å². The third-order valence-electron chi connectivity index (χ3n) is 5.08. The lowest BCUT2D eigenvalue weighted by Gasteiger charge is -2.33. The number of rotatable bonds is 5. The second kappa shape index (κ2) is 9.24. The van der Waals surface area contributed by atoms with Gasteiger partial charge in [-0.25, -0.2) is 0 Å². The van der Waals surface area contributed by atoms with Gasteiger partial charge in [-0.05, 0) is 29.9 Å². The molecule has 0 aromatic heterocycles. The molecule has 26 heavy (non-hydrogen) atoms. The van der Waals surface area contributed by atoms with Gasteiger partial charge in [0, 0.05) is 37.0 Å². The first-order chi connectivity index (χ1) is 12.1. The molecule has 2 aromatic carbocycles. The zero-order valence-electron chi connectivity index (χ0n) is 15.8. The summed E-state index contributed by atoms with van der Waals surface area (Å²) in [7, 11) is 1.71. The first-order valence-electron chi connectivity index (χ1n) is 9.17. The molecule has 1 amide bonds. The predicted molar refractivity (Wildman–Crippen MR) is 109 cm³/mol. The largest absolute Gasteiger partial charge is 0.496 e. The molecule has 0 unspecified atom stereocenters. The smallest absolute Gasteiger partial charge is 0.225 e. The van der Waals surface area contributed by atoms with Gasteiger partial charge in [-0.1, -0.05) is 44.2 Å². The molecule has 0 radical (unpaired) electrons. The summed E-state index contributed by atoms with van der Waals surface area (Å²) in [4.78, 5) is 14.1. The van der Waals surface area contributed by atoms with E-state index >= 15 is 0 Å². The van der Waals surface area contributed by atoms with E-state index in [1.165, 1.54) is 10.9 Å². The molecule has 5 heteroatoms. The third-order valence-corrected chi connectivity index (χ3v) is 5.08. The van der Waals surface area contributed by atoms with Crippen molar-refractivity contribution < 1.29 is 9.53 Å². The van der Waals surface area contributed by atoms with Crippen LogP contribution in [0.25, 0.3) is 10.8 Å². The first-order valence-corrected chi connectivity index (χ1v) is 9.17. The maximum absolute atomic E-state index is 12.1. The van der Waals surface area contributed by atoms with E-state index in [1.807, 2.05) is 30.9 Å². The Kier molecular flexibility index (Phi) is 7.30. The first kappa shape index (κ1) is 20.5. The molecule has 1 saturated heterocycles. The molecular formula is C21H29ClN2O2. The van der Waals surface area contributed by atoms with Crippen LogP contribution < -0.4 is 10.1 Å². The summed E-state index contributed by atoms with van der Waals surface area (Å²) < 4.78 is 5.47. The van der Waals surface area contributed by atoms with Gasteiger partial charge in [-0.15, -0.1) is 12.4 Å². The van der Waals surface area contributed by atoms with Crippen molar-refractivity contribution in [2.75, 3.05) is 20.2 Å². The predicted octanol–water partition coefficient (Wildman–Crippen LogP) is 4.01. The molecule has 142 valence electrons. The maximum Gasteiger partial charge on any atom is 0.225 e. The lowest BCUT2D eigenvalue weighted by Crippen LogP contribution is -2.45. The summed E-state index contributed by atoms with van der Waals surface area (Å²) in [5.74, 6) is 1.29. The summed E-state index contributed by atoms with van der Waals surface area (Å²) in [6.07, 6.45) is 2.04. The van der Waals surface area contributed by atoms with Gasteiger partial charge >= 0.3 is 0 Å². The zero-order chi connectivity index (χ0) is 17.8. The Balaban J connectivity index is 0.00000243. The number of piperidine rings is 1. The number of hydrogen-bond donors (Lipinski definition) is 1. The van der Waals surface area contributed by atoms with Crippen LogP contribution in [0.3, 0.4) is 0 Å². The molecule has 1 heterocycles. The van der Waals surface area contributed by atoms with E-state index in [0.29, 0.717) is 6.04 Å². The summed E-state index contributed by atoms with van der Waals surface area (Å²) in [6.45, 7) is 6.51. The molecule has 2 aromatic rings. The summed E-state index contributed by atoms with van der Waals surface area (Å²) in [5, 5.41) is 6.07. The average Bonchev–Trinajstić information content (AvgIpc) is 2.65. The van der Waals surface area contributed by atoms with E-state index in [-0.39, 0.29) is 24.2 Å². The Labute approximate surface area is 162 Å². The Morgan fingerprint density at radius 1 is 1.15 bits per heavy atom. The van der Waals surface area contributed by atoms with Gasteiger partial charge in [0.25, 0.3) is 0 Å². The zero-order valence-corrected chi connectivity index (χ0v) is 16.6. The van der Waals surface area contributed by atoms with Gasteiger partial charge in [0.2, 0.25) is 5.91 Å². The molecule has 1 N–H and O–H groups in total. The second-order valence-electron chi connectivity index (χ2n) is 7.11. The van der Waals surface area contributed by atoms with E-state index in [0.717, 1.165) is 43.6 Å².